The highest BCUT2D eigenvalue weighted by Crippen LogP contribution is 2.30. The fraction of sp³-hybridized carbons (Fsp3) is 0.250. The summed E-state index contributed by atoms with van der Waals surface area (Å²) < 4.78 is 17.5. The maximum Gasteiger partial charge on any atom is 0.412 e. The van der Waals surface area contributed by atoms with Gasteiger partial charge in [-0.25, -0.2) is 14.0 Å². The number of hydrogen-bond donors (Lipinski definition) is 2. The van der Waals surface area contributed by atoms with E-state index in [0.29, 0.717) is 39.2 Å². The molecule has 0 fully saturated rings. The van der Waals surface area contributed by atoms with E-state index in [1.807, 2.05) is 25.1 Å². The number of anilines is 1. The molecule has 0 radical (unpaired) electrons. The molecule has 0 spiro atoms. The zero-order valence-corrected chi connectivity index (χ0v) is 18.1. The van der Waals surface area contributed by atoms with Crippen LogP contribution in [0.15, 0.2) is 63.3 Å². The first-order valence-electron chi connectivity index (χ1n) is 8.86. The molecular weight excluding hydrogens is 410 g/mol. The second kappa shape index (κ2) is 11.4. The van der Waals surface area contributed by atoms with E-state index in [1.54, 1.807) is 36.6 Å². The molecule has 0 bridgehead atoms. The van der Waals surface area contributed by atoms with Gasteiger partial charge in [-0.2, -0.15) is 0 Å². The summed E-state index contributed by atoms with van der Waals surface area (Å²) in [6.07, 6.45) is 2.16. The smallest absolute Gasteiger partial charge is 0.412 e. The van der Waals surface area contributed by atoms with Crippen molar-refractivity contribution in [3.8, 4) is 0 Å². The first kappa shape index (κ1) is 22.6. The van der Waals surface area contributed by atoms with Gasteiger partial charge in [-0.05, 0) is 43.0 Å². The first-order valence-corrected chi connectivity index (χ1v) is 11.2. The van der Waals surface area contributed by atoms with E-state index in [4.69, 9.17) is 0 Å². The summed E-state index contributed by atoms with van der Waals surface area (Å²) in [5.74, 6) is -0.168. The molecule has 2 amide bonds. The Morgan fingerprint density at radius 2 is 1.86 bits per heavy atom. The number of nitrogens with zero attached hydrogens (tertiary/aromatic N) is 1. The fourth-order valence-electron chi connectivity index (χ4n) is 2.32. The van der Waals surface area contributed by atoms with Crippen molar-refractivity contribution >= 4 is 51.1 Å². The molecule has 7 nitrogen and oxygen atoms in total. The molecule has 2 aromatic rings. The van der Waals surface area contributed by atoms with Gasteiger partial charge >= 0.3 is 6.09 Å². The fourth-order valence-corrected chi connectivity index (χ4v) is 3.79. The number of rotatable bonds is 6. The molecule has 9 heteroatoms. The summed E-state index contributed by atoms with van der Waals surface area (Å²) in [6.45, 7) is 1.91. The molecule has 2 rings (SSSR count). The van der Waals surface area contributed by atoms with Gasteiger partial charge in [0.05, 0.1) is 29.3 Å². The number of carbonyl (C=O) groups excluding carboxylic acids is 2. The summed E-state index contributed by atoms with van der Waals surface area (Å²) in [7, 11) is -0.142. The van der Waals surface area contributed by atoms with Crippen LogP contribution in [0.4, 0.5) is 16.2 Å². The van der Waals surface area contributed by atoms with Crippen LogP contribution in [-0.2, 0) is 20.3 Å². The zero-order chi connectivity index (χ0) is 21.2. The Morgan fingerprint density at radius 3 is 2.48 bits per heavy atom. The van der Waals surface area contributed by atoms with E-state index >= 15 is 0 Å². The Balaban J connectivity index is 2.43. The number of amides is 2. The number of benzene rings is 2. The highest BCUT2D eigenvalue weighted by atomic mass is 32.2. The van der Waals surface area contributed by atoms with Crippen molar-refractivity contribution in [1.82, 2.24) is 5.32 Å². The van der Waals surface area contributed by atoms with Crippen molar-refractivity contribution in [1.29, 1.82) is 0 Å². The maximum atomic E-state index is 12.9. The average Bonchev–Trinajstić information content (AvgIpc) is 2.74. The van der Waals surface area contributed by atoms with Crippen LogP contribution in [0.1, 0.15) is 19.8 Å². The second-order valence-corrected chi connectivity index (χ2v) is 8.07. The van der Waals surface area contributed by atoms with Crippen LogP contribution in [0.3, 0.4) is 0 Å². The molecule has 0 aliphatic rings. The summed E-state index contributed by atoms with van der Waals surface area (Å²) in [4.78, 5) is 29.2. The lowest BCUT2D eigenvalue weighted by Gasteiger charge is -2.12. The molecule has 1 unspecified atom stereocenters. The van der Waals surface area contributed by atoms with Crippen molar-refractivity contribution < 1.29 is 18.5 Å². The zero-order valence-electron chi connectivity index (χ0n) is 16.4. The topological polar surface area (TPSA) is 96.9 Å². The number of amidine groups is 1. The van der Waals surface area contributed by atoms with Crippen molar-refractivity contribution in [3.05, 3.63) is 48.5 Å². The normalized spacial score (nSPS) is 12.2. The van der Waals surface area contributed by atoms with Gasteiger partial charge in [0.2, 0.25) is 5.91 Å². The number of alkyl carbamates (subject to hydrolysis) is 1. The molecule has 0 aliphatic carbocycles. The predicted molar refractivity (Wildman–Crippen MR) is 117 cm³/mol. The minimum absolute atomic E-state index is 0.168. The number of aliphatic imine (C=N–C) groups is 1. The summed E-state index contributed by atoms with van der Waals surface area (Å²) in [6, 6.07) is 14.0. The van der Waals surface area contributed by atoms with Gasteiger partial charge in [-0.3, -0.25) is 10.1 Å². The van der Waals surface area contributed by atoms with Gasteiger partial charge in [-0.1, -0.05) is 36.9 Å². The number of methoxy groups -OCH3 is 1. The second-order valence-electron chi connectivity index (χ2n) is 5.80. The molecule has 0 saturated heterocycles. The first-order chi connectivity index (χ1) is 14.0. The Bertz CT molecular complexity index is 917. The lowest BCUT2D eigenvalue weighted by Crippen LogP contribution is -2.27. The van der Waals surface area contributed by atoms with Gasteiger partial charge in [0.25, 0.3) is 0 Å². The van der Waals surface area contributed by atoms with E-state index < -0.39 is 16.9 Å². The van der Waals surface area contributed by atoms with Crippen LogP contribution in [0.2, 0.25) is 0 Å². The molecule has 154 valence electrons. The van der Waals surface area contributed by atoms with Crippen LogP contribution in [0.25, 0.3) is 0 Å². The van der Waals surface area contributed by atoms with Gasteiger partial charge in [0.1, 0.15) is 0 Å². The van der Waals surface area contributed by atoms with Gasteiger partial charge in [-0.15, -0.1) is 0 Å². The number of thioether (sulfide) groups is 1. The third-order valence-corrected chi connectivity index (χ3v) is 5.66. The standard InChI is InChI=1S/C20H23N3O4S2/c1-4-8-18(24)21-17-13-15(29(26)14-9-6-5-7-10-14)11-12-16(17)22-19(28-3)23-20(25)27-2/h5-7,9-13H,4,8H2,1-3H3,(H,21,24)(H,22,23,25). The van der Waals surface area contributed by atoms with E-state index in [1.165, 1.54) is 18.9 Å². The Labute approximate surface area is 176 Å². The molecule has 0 aliphatic heterocycles. The number of ether oxygens (including phenoxy) is 1. The Morgan fingerprint density at radius 1 is 1.14 bits per heavy atom. The van der Waals surface area contributed by atoms with Gasteiger partial charge in [0.15, 0.2) is 5.17 Å². The van der Waals surface area contributed by atoms with Gasteiger partial charge < -0.3 is 10.1 Å². The Kier molecular flexibility index (Phi) is 8.88. The molecule has 29 heavy (non-hydrogen) atoms. The van der Waals surface area contributed by atoms with E-state index in [-0.39, 0.29) is 5.91 Å². The van der Waals surface area contributed by atoms with Crippen LogP contribution in [-0.4, -0.2) is 34.7 Å². The molecule has 0 saturated carbocycles. The number of hydrogen-bond acceptors (Lipinski definition) is 6. The van der Waals surface area contributed by atoms with Gasteiger partial charge in [0, 0.05) is 16.2 Å². The maximum absolute atomic E-state index is 12.9. The average molecular weight is 434 g/mol. The van der Waals surface area contributed by atoms with Crippen LogP contribution >= 0.6 is 11.8 Å². The lowest BCUT2D eigenvalue weighted by atomic mass is 10.2. The quantitative estimate of drug-likeness (QED) is 0.523. The van der Waals surface area contributed by atoms with E-state index in [9.17, 15) is 13.8 Å². The van der Waals surface area contributed by atoms with Crippen LogP contribution in [0, 0.1) is 0 Å². The number of nitrogens with one attached hydrogen (secondary N) is 2. The lowest BCUT2D eigenvalue weighted by molar-refractivity contribution is -0.116. The van der Waals surface area contributed by atoms with Crippen LogP contribution < -0.4 is 10.6 Å². The van der Waals surface area contributed by atoms with Crippen molar-refractivity contribution in [2.24, 2.45) is 4.99 Å². The molecule has 2 aromatic carbocycles. The third-order valence-electron chi connectivity index (χ3n) is 3.70. The highest BCUT2D eigenvalue weighted by Gasteiger charge is 2.14. The monoisotopic (exact) mass is 433 g/mol. The Hall–Kier alpha value is -2.65. The largest absolute Gasteiger partial charge is 0.453 e. The highest BCUT2D eigenvalue weighted by molar-refractivity contribution is 8.13. The van der Waals surface area contributed by atoms with E-state index in [2.05, 4.69) is 20.4 Å². The van der Waals surface area contributed by atoms with Crippen molar-refractivity contribution in [3.63, 3.8) is 0 Å². The third kappa shape index (κ3) is 6.72. The molecule has 0 aromatic heterocycles. The van der Waals surface area contributed by atoms with Crippen LogP contribution in [0.5, 0.6) is 0 Å². The van der Waals surface area contributed by atoms with Crippen molar-refractivity contribution in [2.75, 3.05) is 18.7 Å². The summed E-state index contributed by atoms with van der Waals surface area (Å²) >= 11 is 1.22. The molecule has 1 atom stereocenters. The predicted octanol–water partition coefficient (Wildman–Crippen LogP) is 4.30. The summed E-state index contributed by atoms with van der Waals surface area (Å²) in [5, 5.41) is 5.64. The minimum Gasteiger partial charge on any atom is -0.453 e. The minimum atomic E-state index is -1.40. The van der Waals surface area contributed by atoms with E-state index in [0.717, 1.165) is 0 Å². The molecule has 2 N–H and O–H groups in total. The SMILES string of the molecule is CCCC(=O)Nc1cc(S(=O)c2ccccc2)ccc1N=C(NC(=O)OC)SC. The molecule has 0 heterocycles. The number of carbonyl (C=O) groups is 2. The molecular formula is C20H23N3O4S2. The summed E-state index contributed by atoms with van der Waals surface area (Å²) in [5.41, 5.74) is 0.854. The van der Waals surface area contributed by atoms with Crippen molar-refractivity contribution in [2.45, 2.75) is 29.6 Å².